The van der Waals surface area contributed by atoms with Gasteiger partial charge in [0.2, 0.25) is 10.3 Å². The van der Waals surface area contributed by atoms with E-state index in [9.17, 15) is 9.59 Å². The molecule has 0 aromatic heterocycles. The van der Waals surface area contributed by atoms with Crippen LogP contribution in [0.4, 0.5) is 0 Å². The SMILES string of the molecule is CCOC(=S)SC(C)(C)C(=O)OCCN1CCCC1=O. The maximum atomic E-state index is 12.0. The summed E-state index contributed by atoms with van der Waals surface area (Å²) in [5, 5.41) is 0. The Hall–Kier alpha value is -0.820. The lowest BCUT2D eigenvalue weighted by Crippen LogP contribution is -2.35. The van der Waals surface area contributed by atoms with Crippen molar-refractivity contribution in [2.24, 2.45) is 0 Å². The summed E-state index contributed by atoms with van der Waals surface area (Å²) in [5.41, 5.74) is 0. The molecule has 0 aromatic rings. The van der Waals surface area contributed by atoms with Gasteiger partial charge in [0.05, 0.1) is 13.2 Å². The van der Waals surface area contributed by atoms with Crippen LogP contribution >= 0.6 is 24.0 Å². The van der Waals surface area contributed by atoms with E-state index in [1.807, 2.05) is 6.92 Å². The molecule has 0 spiro atoms. The molecule has 1 heterocycles. The predicted octanol–water partition coefficient (Wildman–Crippen LogP) is 1.99. The highest BCUT2D eigenvalue weighted by Crippen LogP contribution is 2.28. The maximum absolute atomic E-state index is 12.0. The number of rotatable bonds is 6. The van der Waals surface area contributed by atoms with Crippen LogP contribution in [0, 0.1) is 0 Å². The Morgan fingerprint density at radius 3 is 2.70 bits per heavy atom. The highest BCUT2D eigenvalue weighted by atomic mass is 32.2. The molecule has 1 fully saturated rings. The topological polar surface area (TPSA) is 55.8 Å². The molecule has 0 aromatic carbocycles. The Morgan fingerprint density at radius 2 is 2.15 bits per heavy atom. The molecule has 0 atom stereocenters. The zero-order chi connectivity index (χ0) is 15.2. The van der Waals surface area contributed by atoms with Crippen LogP contribution < -0.4 is 0 Å². The van der Waals surface area contributed by atoms with Crippen molar-refractivity contribution in [2.45, 2.75) is 38.4 Å². The molecule has 7 heteroatoms. The monoisotopic (exact) mass is 319 g/mol. The molecule has 1 aliphatic heterocycles. The van der Waals surface area contributed by atoms with E-state index < -0.39 is 4.75 Å². The molecule has 0 saturated carbocycles. The summed E-state index contributed by atoms with van der Waals surface area (Å²) in [6.07, 6.45) is 1.48. The second kappa shape index (κ2) is 7.83. The molecule has 0 aliphatic carbocycles. The minimum absolute atomic E-state index is 0.132. The highest BCUT2D eigenvalue weighted by molar-refractivity contribution is 8.23. The third-order valence-corrected chi connectivity index (χ3v) is 4.19. The molecule has 20 heavy (non-hydrogen) atoms. The first kappa shape index (κ1) is 17.2. The van der Waals surface area contributed by atoms with E-state index in [1.165, 1.54) is 11.8 Å². The van der Waals surface area contributed by atoms with Crippen molar-refractivity contribution in [1.29, 1.82) is 0 Å². The van der Waals surface area contributed by atoms with Gasteiger partial charge in [0, 0.05) is 13.0 Å². The van der Waals surface area contributed by atoms with Crippen LogP contribution in [-0.2, 0) is 19.1 Å². The number of esters is 1. The van der Waals surface area contributed by atoms with Crippen LogP contribution in [-0.4, -0.2) is 52.2 Å². The summed E-state index contributed by atoms with van der Waals surface area (Å²) in [6.45, 7) is 7.23. The van der Waals surface area contributed by atoms with Gasteiger partial charge in [-0.3, -0.25) is 9.59 Å². The zero-order valence-corrected chi connectivity index (χ0v) is 13.8. The first-order valence-corrected chi connectivity index (χ1v) is 7.90. The van der Waals surface area contributed by atoms with Gasteiger partial charge in [-0.25, -0.2) is 0 Å². The summed E-state index contributed by atoms with van der Waals surface area (Å²) in [4.78, 5) is 25.1. The van der Waals surface area contributed by atoms with Crippen LogP contribution in [0.15, 0.2) is 0 Å². The summed E-state index contributed by atoms with van der Waals surface area (Å²) in [5.74, 6) is -0.219. The van der Waals surface area contributed by atoms with Crippen molar-refractivity contribution >= 4 is 40.2 Å². The number of hydrogen-bond donors (Lipinski definition) is 0. The van der Waals surface area contributed by atoms with Gasteiger partial charge in [0.1, 0.15) is 11.4 Å². The van der Waals surface area contributed by atoms with Crippen molar-refractivity contribution < 1.29 is 19.1 Å². The molecule has 1 saturated heterocycles. The number of likely N-dealkylation sites (tertiary alicyclic amines) is 1. The standard InChI is InChI=1S/C13H21NO4S2/c1-4-17-12(19)20-13(2,3)11(16)18-9-8-14-7-5-6-10(14)15/h4-9H2,1-3H3. The molecule has 0 unspecified atom stereocenters. The van der Waals surface area contributed by atoms with Crippen LogP contribution in [0.2, 0.25) is 0 Å². The minimum atomic E-state index is -0.790. The Morgan fingerprint density at radius 1 is 1.45 bits per heavy atom. The Labute approximate surface area is 129 Å². The van der Waals surface area contributed by atoms with Crippen LogP contribution in [0.25, 0.3) is 0 Å². The summed E-state index contributed by atoms with van der Waals surface area (Å²) in [6, 6.07) is 0. The fourth-order valence-electron chi connectivity index (χ4n) is 1.76. The Kier molecular flexibility index (Phi) is 6.75. The zero-order valence-electron chi connectivity index (χ0n) is 12.1. The lowest BCUT2D eigenvalue weighted by atomic mass is 10.2. The van der Waals surface area contributed by atoms with Gasteiger partial charge in [-0.05, 0) is 39.4 Å². The second-order valence-corrected chi connectivity index (χ2v) is 7.14. The molecule has 1 amide bonds. The fraction of sp³-hybridized carbons (Fsp3) is 0.769. The van der Waals surface area contributed by atoms with E-state index in [4.69, 9.17) is 21.7 Å². The Bertz CT molecular complexity index is 385. The summed E-state index contributed by atoms with van der Waals surface area (Å²) in [7, 11) is 0. The second-order valence-electron chi connectivity index (χ2n) is 4.92. The fourth-order valence-corrected chi connectivity index (χ4v) is 3.24. The minimum Gasteiger partial charge on any atom is -0.479 e. The number of thiocarbonyl (C=S) groups is 1. The van der Waals surface area contributed by atoms with E-state index in [1.54, 1.807) is 18.7 Å². The van der Waals surface area contributed by atoms with Gasteiger partial charge in [-0.15, -0.1) is 0 Å². The summed E-state index contributed by atoms with van der Waals surface area (Å²) >= 11 is 6.19. The number of nitrogens with zero attached hydrogens (tertiary/aromatic N) is 1. The van der Waals surface area contributed by atoms with Gasteiger partial charge in [0.15, 0.2) is 0 Å². The number of carbonyl (C=O) groups is 2. The number of carbonyl (C=O) groups excluding carboxylic acids is 2. The number of hydrogen-bond acceptors (Lipinski definition) is 6. The van der Waals surface area contributed by atoms with Crippen molar-refractivity contribution in [2.75, 3.05) is 26.3 Å². The van der Waals surface area contributed by atoms with Gasteiger partial charge in [0.25, 0.3) is 0 Å². The lowest BCUT2D eigenvalue weighted by molar-refractivity contribution is -0.147. The highest BCUT2D eigenvalue weighted by Gasteiger charge is 2.32. The van der Waals surface area contributed by atoms with Crippen LogP contribution in [0.1, 0.15) is 33.6 Å². The number of ether oxygens (including phenoxy) is 2. The van der Waals surface area contributed by atoms with Gasteiger partial charge in [-0.2, -0.15) is 0 Å². The molecule has 0 bridgehead atoms. The molecule has 1 rings (SSSR count). The smallest absolute Gasteiger partial charge is 0.322 e. The van der Waals surface area contributed by atoms with Gasteiger partial charge < -0.3 is 14.4 Å². The third-order valence-electron chi connectivity index (χ3n) is 2.86. The number of amides is 1. The van der Waals surface area contributed by atoms with Crippen LogP contribution in [0.5, 0.6) is 0 Å². The molecule has 5 nitrogen and oxygen atoms in total. The first-order chi connectivity index (χ1) is 9.36. The third kappa shape index (κ3) is 5.28. The van der Waals surface area contributed by atoms with E-state index in [2.05, 4.69) is 0 Å². The van der Waals surface area contributed by atoms with Crippen molar-refractivity contribution in [1.82, 2.24) is 4.90 Å². The molecule has 114 valence electrons. The van der Waals surface area contributed by atoms with Crippen molar-refractivity contribution in [3.05, 3.63) is 0 Å². The largest absolute Gasteiger partial charge is 0.479 e. The first-order valence-electron chi connectivity index (χ1n) is 6.67. The maximum Gasteiger partial charge on any atom is 0.322 e. The van der Waals surface area contributed by atoms with E-state index in [-0.39, 0.29) is 18.5 Å². The molecule has 0 radical (unpaired) electrons. The number of thioether (sulfide) groups is 1. The average Bonchev–Trinajstić information content (AvgIpc) is 2.74. The molecule has 1 aliphatic rings. The van der Waals surface area contributed by atoms with E-state index in [0.717, 1.165) is 13.0 Å². The lowest BCUT2D eigenvalue weighted by Gasteiger charge is -2.23. The average molecular weight is 319 g/mol. The van der Waals surface area contributed by atoms with Crippen molar-refractivity contribution in [3.8, 4) is 0 Å². The molecule has 0 N–H and O–H groups in total. The van der Waals surface area contributed by atoms with Gasteiger partial charge in [-0.1, -0.05) is 11.8 Å². The quantitative estimate of drug-likeness (QED) is 0.551. The van der Waals surface area contributed by atoms with Gasteiger partial charge >= 0.3 is 5.97 Å². The Balaban J connectivity index is 2.33. The molecular weight excluding hydrogens is 298 g/mol. The van der Waals surface area contributed by atoms with Crippen molar-refractivity contribution in [3.63, 3.8) is 0 Å². The summed E-state index contributed by atoms with van der Waals surface area (Å²) < 4.78 is 9.94. The predicted molar refractivity (Wildman–Crippen MR) is 82.7 cm³/mol. The van der Waals surface area contributed by atoms with E-state index >= 15 is 0 Å². The molecular formula is C13H21NO4S2. The normalized spacial score (nSPS) is 15.3. The van der Waals surface area contributed by atoms with E-state index in [0.29, 0.717) is 24.0 Å². The van der Waals surface area contributed by atoms with Crippen LogP contribution in [0.3, 0.4) is 0 Å².